The molecule has 5 rings (SSSR count). The zero-order chi connectivity index (χ0) is 23.8. The number of piperidine rings is 1. The Hall–Kier alpha value is -3.75. The molecule has 2 fully saturated rings. The van der Waals surface area contributed by atoms with Crippen LogP contribution in [-0.4, -0.2) is 40.9 Å². The van der Waals surface area contributed by atoms with Crippen LogP contribution in [0.5, 0.6) is 0 Å². The van der Waals surface area contributed by atoms with Crippen LogP contribution in [0.4, 0.5) is 9.18 Å². The van der Waals surface area contributed by atoms with Crippen LogP contribution in [0.3, 0.4) is 0 Å². The van der Waals surface area contributed by atoms with Gasteiger partial charge in [0.2, 0.25) is 11.8 Å². The summed E-state index contributed by atoms with van der Waals surface area (Å²) in [4.78, 5) is 50.1. The number of carbonyl (C=O) groups is 4. The molecule has 2 heterocycles. The molecule has 2 aromatic rings. The van der Waals surface area contributed by atoms with Gasteiger partial charge in [-0.05, 0) is 54.0 Å². The van der Waals surface area contributed by atoms with Crippen molar-refractivity contribution in [1.82, 2.24) is 15.5 Å². The van der Waals surface area contributed by atoms with Gasteiger partial charge in [-0.1, -0.05) is 30.3 Å². The predicted molar refractivity (Wildman–Crippen MR) is 118 cm³/mol. The zero-order valence-electron chi connectivity index (χ0n) is 18.4. The van der Waals surface area contributed by atoms with Crippen LogP contribution in [0.15, 0.2) is 42.5 Å². The molecule has 4 amide bonds. The average Bonchev–Trinajstić information content (AvgIpc) is 3.11. The van der Waals surface area contributed by atoms with Crippen molar-refractivity contribution in [2.24, 2.45) is 0 Å². The quantitative estimate of drug-likeness (QED) is 0.661. The molecule has 0 spiro atoms. The number of alkyl carbamates (subject to hydrolysis) is 1. The molecule has 1 atom stereocenters. The fourth-order valence-electron chi connectivity index (χ4n) is 4.80. The van der Waals surface area contributed by atoms with E-state index in [0.29, 0.717) is 36.9 Å². The van der Waals surface area contributed by atoms with Gasteiger partial charge in [0.1, 0.15) is 18.0 Å². The Bertz CT molecular complexity index is 1180. The number of fused-ring (bicyclic) bond motifs is 1. The molecule has 0 radical (unpaired) electrons. The van der Waals surface area contributed by atoms with Crippen LogP contribution in [0.25, 0.3) is 0 Å². The number of rotatable bonds is 5. The van der Waals surface area contributed by atoms with Gasteiger partial charge in [-0.2, -0.15) is 0 Å². The molecule has 1 aliphatic carbocycles. The summed E-state index contributed by atoms with van der Waals surface area (Å²) in [7, 11) is 0. The summed E-state index contributed by atoms with van der Waals surface area (Å²) in [5.41, 5.74) is 2.67. The Kier molecular flexibility index (Phi) is 5.77. The summed E-state index contributed by atoms with van der Waals surface area (Å²) in [6.07, 6.45) is 0.858. The maximum atomic E-state index is 13.9. The minimum absolute atomic E-state index is 0.0500. The van der Waals surface area contributed by atoms with E-state index in [1.165, 1.54) is 11.0 Å². The van der Waals surface area contributed by atoms with Gasteiger partial charge >= 0.3 is 6.09 Å². The summed E-state index contributed by atoms with van der Waals surface area (Å²) in [6, 6.07) is 11.3. The normalized spacial score (nSPS) is 23.7. The molecule has 9 heteroatoms. The second-order valence-corrected chi connectivity index (χ2v) is 8.96. The van der Waals surface area contributed by atoms with Crippen LogP contribution < -0.4 is 10.6 Å². The number of benzene rings is 2. The molecule has 0 aromatic heterocycles. The molecule has 0 bridgehead atoms. The molecule has 176 valence electrons. The molecule has 2 aromatic carbocycles. The number of amides is 4. The fraction of sp³-hybridized carbons (Fsp3) is 0.360. The standard InChI is InChI=1S/C25H24FN3O5/c26-20-4-2-1-3-18(20)16-10-17(11-16)34-25(33)27-12-14-5-6-15-13-29(24(32)19(15)9-14)21-7-8-22(30)28-23(21)31/h1-6,9,16-17,21H,7-8,10-13H2,(H,27,33)(H,28,30,31). The van der Waals surface area contributed by atoms with Gasteiger partial charge in [0.15, 0.2) is 0 Å². The monoisotopic (exact) mass is 465 g/mol. The van der Waals surface area contributed by atoms with Gasteiger partial charge in [-0.25, -0.2) is 9.18 Å². The minimum atomic E-state index is -0.662. The summed E-state index contributed by atoms with van der Waals surface area (Å²) in [5, 5.41) is 4.98. The van der Waals surface area contributed by atoms with Crippen molar-refractivity contribution in [3.8, 4) is 0 Å². The number of ether oxygens (including phenoxy) is 1. The largest absolute Gasteiger partial charge is 0.446 e. The number of halogens is 1. The van der Waals surface area contributed by atoms with Crippen LogP contribution in [0.1, 0.15) is 58.6 Å². The fourth-order valence-corrected chi connectivity index (χ4v) is 4.80. The number of nitrogens with one attached hydrogen (secondary N) is 2. The molecule has 3 aliphatic rings. The van der Waals surface area contributed by atoms with Crippen LogP contribution in [-0.2, 0) is 27.4 Å². The van der Waals surface area contributed by atoms with E-state index in [1.54, 1.807) is 24.3 Å². The molecule has 1 saturated heterocycles. The third kappa shape index (κ3) is 4.25. The molecule has 1 saturated carbocycles. The first-order chi connectivity index (χ1) is 16.4. The molecular formula is C25H24FN3O5. The van der Waals surface area contributed by atoms with Crippen LogP contribution in [0, 0.1) is 5.82 Å². The van der Waals surface area contributed by atoms with Crippen molar-refractivity contribution in [1.29, 1.82) is 0 Å². The second kappa shape index (κ2) is 8.89. The van der Waals surface area contributed by atoms with Crippen molar-refractivity contribution < 1.29 is 28.3 Å². The average molecular weight is 465 g/mol. The SMILES string of the molecule is O=C1CCC(N2Cc3ccc(CNC(=O)OC4CC(c5ccccc5F)C4)cc3C2=O)C(=O)N1. The van der Waals surface area contributed by atoms with Crippen molar-refractivity contribution in [3.05, 3.63) is 70.5 Å². The highest BCUT2D eigenvalue weighted by molar-refractivity contribution is 6.05. The summed E-state index contributed by atoms with van der Waals surface area (Å²) < 4.78 is 19.3. The van der Waals surface area contributed by atoms with E-state index in [9.17, 15) is 23.6 Å². The predicted octanol–water partition coefficient (Wildman–Crippen LogP) is 2.76. The molecule has 34 heavy (non-hydrogen) atoms. The molecule has 8 nitrogen and oxygen atoms in total. The lowest BCUT2D eigenvalue weighted by Gasteiger charge is -2.35. The second-order valence-electron chi connectivity index (χ2n) is 8.96. The highest BCUT2D eigenvalue weighted by atomic mass is 19.1. The van der Waals surface area contributed by atoms with Crippen molar-refractivity contribution in [2.45, 2.75) is 56.8 Å². The molecular weight excluding hydrogens is 441 g/mol. The van der Waals surface area contributed by atoms with Gasteiger partial charge in [0.25, 0.3) is 5.91 Å². The maximum absolute atomic E-state index is 13.9. The van der Waals surface area contributed by atoms with E-state index in [0.717, 1.165) is 11.1 Å². The highest BCUT2D eigenvalue weighted by Crippen LogP contribution is 2.39. The van der Waals surface area contributed by atoms with E-state index in [4.69, 9.17) is 4.74 Å². The lowest BCUT2D eigenvalue weighted by atomic mass is 9.77. The Morgan fingerprint density at radius 3 is 2.71 bits per heavy atom. The smallest absolute Gasteiger partial charge is 0.407 e. The van der Waals surface area contributed by atoms with Gasteiger partial charge in [0, 0.05) is 25.1 Å². The summed E-state index contributed by atoms with van der Waals surface area (Å²) in [5.74, 6) is -1.22. The molecule has 2 aliphatic heterocycles. The Balaban J connectivity index is 1.13. The third-order valence-electron chi connectivity index (χ3n) is 6.74. The first-order valence-electron chi connectivity index (χ1n) is 11.3. The first-order valence-corrected chi connectivity index (χ1v) is 11.3. The van der Waals surface area contributed by atoms with E-state index in [1.807, 2.05) is 12.1 Å². The number of carbonyl (C=O) groups excluding carboxylic acids is 4. The van der Waals surface area contributed by atoms with Gasteiger partial charge in [0.05, 0.1) is 0 Å². The third-order valence-corrected chi connectivity index (χ3v) is 6.74. The van der Waals surface area contributed by atoms with Gasteiger partial charge in [-0.15, -0.1) is 0 Å². The van der Waals surface area contributed by atoms with E-state index >= 15 is 0 Å². The van der Waals surface area contributed by atoms with E-state index in [-0.39, 0.29) is 42.6 Å². The van der Waals surface area contributed by atoms with Gasteiger partial charge < -0.3 is 15.0 Å². The Morgan fingerprint density at radius 1 is 1.15 bits per heavy atom. The summed E-state index contributed by atoms with van der Waals surface area (Å²) >= 11 is 0. The number of nitrogens with zero attached hydrogens (tertiary/aromatic N) is 1. The minimum Gasteiger partial charge on any atom is -0.446 e. The summed E-state index contributed by atoms with van der Waals surface area (Å²) in [6.45, 7) is 0.488. The van der Waals surface area contributed by atoms with Crippen molar-refractivity contribution in [2.75, 3.05) is 0 Å². The first kappa shape index (κ1) is 22.1. The van der Waals surface area contributed by atoms with Crippen LogP contribution in [0.2, 0.25) is 0 Å². The van der Waals surface area contributed by atoms with Gasteiger partial charge in [-0.3, -0.25) is 19.7 Å². The lowest BCUT2D eigenvalue weighted by molar-refractivity contribution is -0.136. The molecule has 1 unspecified atom stereocenters. The Morgan fingerprint density at radius 2 is 1.94 bits per heavy atom. The molecule has 2 N–H and O–H groups in total. The maximum Gasteiger partial charge on any atom is 0.407 e. The zero-order valence-corrected chi connectivity index (χ0v) is 18.4. The highest BCUT2D eigenvalue weighted by Gasteiger charge is 2.39. The van der Waals surface area contributed by atoms with E-state index < -0.39 is 18.0 Å². The van der Waals surface area contributed by atoms with Crippen LogP contribution >= 0.6 is 0 Å². The number of hydrogen-bond donors (Lipinski definition) is 2. The van der Waals surface area contributed by atoms with Crippen molar-refractivity contribution >= 4 is 23.8 Å². The lowest BCUT2D eigenvalue weighted by Crippen LogP contribution is -2.52. The van der Waals surface area contributed by atoms with Crippen molar-refractivity contribution in [3.63, 3.8) is 0 Å². The van der Waals surface area contributed by atoms with E-state index in [2.05, 4.69) is 10.6 Å². The number of imide groups is 1. The Labute approximate surface area is 195 Å². The number of hydrogen-bond acceptors (Lipinski definition) is 5. The topological polar surface area (TPSA) is 105 Å².